The van der Waals surface area contributed by atoms with Crippen molar-refractivity contribution in [1.82, 2.24) is 4.90 Å². The highest BCUT2D eigenvalue weighted by Crippen LogP contribution is 2.20. The van der Waals surface area contributed by atoms with Gasteiger partial charge >= 0.3 is 0 Å². The van der Waals surface area contributed by atoms with Crippen molar-refractivity contribution in [2.75, 3.05) is 13.1 Å². The highest BCUT2D eigenvalue weighted by atomic mass is 79.9. The van der Waals surface area contributed by atoms with Crippen molar-refractivity contribution in [3.63, 3.8) is 0 Å². The molecule has 0 bridgehead atoms. The van der Waals surface area contributed by atoms with Crippen LogP contribution in [0.2, 0.25) is 0 Å². The number of amides is 1. The molecule has 1 atom stereocenters. The van der Waals surface area contributed by atoms with Crippen LogP contribution in [0.25, 0.3) is 0 Å². The minimum absolute atomic E-state index is 0.0856. The Kier molecular flexibility index (Phi) is 4.05. The number of hydrogen-bond acceptors (Lipinski definition) is 2. The number of carbonyl (C=O) groups excluding carboxylic acids is 1. The first-order valence-electron chi connectivity index (χ1n) is 5.88. The van der Waals surface area contributed by atoms with Gasteiger partial charge in [0.15, 0.2) is 6.10 Å². The molecule has 1 saturated heterocycles. The van der Waals surface area contributed by atoms with Crippen LogP contribution in [0.3, 0.4) is 0 Å². The standard InChI is InChI=1S/C13H16BrNO2/c1-10(13(16)15-7-2-3-8-15)17-12-6-4-5-11(14)9-12/h4-6,9-10H,2-3,7-8H2,1H3. The predicted molar refractivity (Wildman–Crippen MR) is 70.0 cm³/mol. The van der Waals surface area contributed by atoms with Crippen molar-refractivity contribution >= 4 is 21.8 Å². The SMILES string of the molecule is CC(Oc1cccc(Br)c1)C(=O)N1CCCC1. The number of ether oxygens (including phenoxy) is 1. The Morgan fingerprint density at radius 2 is 2.12 bits per heavy atom. The molecule has 0 aromatic heterocycles. The molecule has 0 N–H and O–H groups in total. The lowest BCUT2D eigenvalue weighted by Crippen LogP contribution is -2.38. The summed E-state index contributed by atoms with van der Waals surface area (Å²) in [6, 6.07) is 7.55. The molecular formula is C13H16BrNO2. The number of hydrogen-bond donors (Lipinski definition) is 0. The van der Waals surface area contributed by atoms with E-state index in [2.05, 4.69) is 15.9 Å². The Morgan fingerprint density at radius 1 is 1.41 bits per heavy atom. The first-order chi connectivity index (χ1) is 8.16. The molecule has 0 radical (unpaired) electrons. The fraction of sp³-hybridized carbons (Fsp3) is 0.462. The number of carbonyl (C=O) groups is 1. The van der Waals surface area contributed by atoms with E-state index in [9.17, 15) is 4.79 Å². The fourth-order valence-corrected chi connectivity index (χ4v) is 2.37. The zero-order valence-electron chi connectivity index (χ0n) is 9.86. The second-order valence-corrected chi connectivity index (χ2v) is 5.17. The Labute approximate surface area is 110 Å². The summed E-state index contributed by atoms with van der Waals surface area (Å²) in [6.45, 7) is 3.54. The van der Waals surface area contributed by atoms with E-state index in [0.29, 0.717) is 0 Å². The van der Waals surface area contributed by atoms with E-state index in [1.807, 2.05) is 36.1 Å². The van der Waals surface area contributed by atoms with Crippen LogP contribution in [-0.2, 0) is 4.79 Å². The number of rotatable bonds is 3. The first kappa shape index (κ1) is 12.4. The van der Waals surface area contributed by atoms with E-state index in [-0.39, 0.29) is 5.91 Å². The summed E-state index contributed by atoms with van der Waals surface area (Å²) in [4.78, 5) is 13.9. The molecule has 1 aromatic rings. The average molecular weight is 298 g/mol. The number of benzene rings is 1. The van der Waals surface area contributed by atoms with Gasteiger partial charge in [-0.3, -0.25) is 4.79 Å². The van der Waals surface area contributed by atoms with Crippen LogP contribution in [0.5, 0.6) is 5.75 Å². The van der Waals surface area contributed by atoms with Crippen molar-refractivity contribution in [2.45, 2.75) is 25.9 Å². The maximum absolute atomic E-state index is 12.0. The lowest BCUT2D eigenvalue weighted by Gasteiger charge is -2.21. The second kappa shape index (κ2) is 5.54. The average Bonchev–Trinajstić information content (AvgIpc) is 2.81. The molecule has 1 unspecified atom stereocenters. The molecular weight excluding hydrogens is 282 g/mol. The van der Waals surface area contributed by atoms with Gasteiger partial charge in [0.1, 0.15) is 5.75 Å². The number of likely N-dealkylation sites (tertiary alicyclic amines) is 1. The van der Waals surface area contributed by atoms with E-state index in [1.54, 1.807) is 0 Å². The van der Waals surface area contributed by atoms with Gasteiger partial charge in [-0.15, -0.1) is 0 Å². The smallest absolute Gasteiger partial charge is 0.263 e. The molecule has 3 nitrogen and oxygen atoms in total. The fourth-order valence-electron chi connectivity index (χ4n) is 1.99. The van der Waals surface area contributed by atoms with Crippen molar-refractivity contribution in [3.05, 3.63) is 28.7 Å². The Balaban J connectivity index is 1.96. The number of halogens is 1. The molecule has 0 saturated carbocycles. The molecule has 2 rings (SSSR count). The zero-order valence-corrected chi connectivity index (χ0v) is 11.4. The third kappa shape index (κ3) is 3.22. The van der Waals surface area contributed by atoms with E-state index in [1.165, 1.54) is 0 Å². The minimum Gasteiger partial charge on any atom is -0.481 e. The van der Waals surface area contributed by atoms with Crippen LogP contribution in [0.15, 0.2) is 28.7 Å². The van der Waals surface area contributed by atoms with Crippen molar-refractivity contribution in [3.8, 4) is 5.75 Å². The van der Waals surface area contributed by atoms with Gasteiger partial charge in [0.25, 0.3) is 5.91 Å². The topological polar surface area (TPSA) is 29.5 Å². The van der Waals surface area contributed by atoms with E-state index < -0.39 is 6.10 Å². The zero-order chi connectivity index (χ0) is 12.3. The Hall–Kier alpha value is -1.03. The number of nitrogens with zero attached hydrogens (tertiary/aromatic N) is 1. The van der Waals surface area contributed by atoms with Gasteiger partial charge < -0.3 is 9.64 Å². The van der Waals surface area contributed by atoms with Gasteiger partial charge in [0.05, 0.1) is 0 Å². The molecule has 0 spiro atoms. The van der Waals surface area contributed by atoms with Crippen LogP contribution in [0.1, 0.15) is 19.8 Å². The molecule has 17 heavy (non-hydrogen) atoms. The van der Waals surface area contributed by atoms with Crippen LogP contribution < -0.4 is 4.74 Å². The largest absolute Gasteiger partial charge is 0.481 e. The third-order valence-electron chi connectivity index (χ3n) is 2.87. The molecule has 1 aromatic carbocycles. The quantitative estimate of drug-likeness (QED) is 0.859. The molecule has 1 amide bonds. The molecule has 1 aliphatic heterocycles. The molecule has 4 heteroatoms. The highest BCUT2D eigenvalue weighted by molar-refractivity contribution is 9.10. The summed E-state index contributed by atoms with van der Waals surface area (Å²) in [6.07, 6.45) is 1.80. The monoisotopic (exact) mass is 297 g/mol. The first-order valence-corrected chi connectivity index (χ1v) is 6.67. The lowest BCUT2D eigenvalue weighted by molar-refractivity contribution is -0.136. The van der Waals surface area contributed by atoms with Crippen molar-refractivity contribution < 1.29 is 9.53 Å². The Bertz CT molecular complexity index is 402. The van der Waals surface area contributed by atoms with Gasteiger partial charge in [-0.1, -0.05) is 22.0 Å². The van der Waals surface area contributed by atoms with Gasteiger partial charge in [-0.2, -0.15) is 0 Å². The second-order valence-electron chi connectivity index (χ2n) is 4.25. The van der Waals surface area contributed by atoms with Crippen LogP contribution >= 0.6 is 15.9 Å². The Morgan fingerprint density at radius 3 is 2.76 bits per heavy atom. The van der Waals surface area contributed by atoms with Crippen LogP contribution in [-0.4, -0.2) is 30.0 Å². The summed E-state index contributed by atoms with van der Waals surface area (Å²) in [7, 11) is 0. The van der Waals surface area contributed by atoms with Gasteiger partial charge in [0, 0.05) is 17.6 Å². The maximum Gasteiger partial charge on any atom is 0.263 e. The summed E-state index contributed by atoms with van der Waals surface area (Å²) < 4.78 is 6.60. The minimum atomic E-state index is -0.414. The van der Waals surface area contributed by atoms with Crippen molar-refractivity contribution in [2.24, 2.45) is 0 Å². The van der Waals surface area contributed by atoms with Gasteiger partial charge in [0.2, 0.25) is 0 Å². The molecule has 1 fully saturated rings. The normalized spacial score (nSPS) is 16.9. The van der Waals surface area contributed by atoms with E-state index in [0.717, 1.165) is 36.2 Å². The van der Waals surface area contributed by atoms with E-state index in [4.69, 9.17) is 4.74 Å². The predicted octanol–water partition coefficient (Wildman–Crippen LogP) is 2.84. The van der Waals surface area contributed by atoms with E-state index >= 15 is 0 Å². The summed E-state index contributed by atoms with van der Waals surface area (Å²) in [5.41, 5.74) is 0. The van der Waals surface area contributed by atoms with Gasteiger partial charge in [-0.05, 0) is 38.0 Å². The van der Waals surface area contributed by atoms with Crippen LogP contribution in [0.4, 0.5) is 0 Å². The molecule has 92 valence electrons. The molecule has 1 heterocycles. The van der Waals surface area contributed by atoms with Gasteiger partial charge in [-0.25, -0.2) is 0 Å². The summed E-state index contributed by atoms with van der Waals surface area (Å²) in [5.74, 6) is 0.807. The molecule has 1 aliphatic rings. The molecule has 0 aliphatic carbocycles. The van der Waals surface area contributed by atoms with Crippen LogP contribution in [0, 0.1) is 0 Å². The lowest BCUT2D eigenvalue weighted by atomic mass is 10.3. The summed E-state index contributed by atoms with van der Waals surface area (Å²) >= 11 is 3.38. The third-order valence-corrected chi connectivity index (χ3v) is 3.37. The highest BCUT2D eigenvalue weighted by Gasteiger charge is 2.24. The summed E-state index contributed by atoms with van der Waals surface area (Å²) in [5, 5.41) is 0. The van der Waals surface area contributed by atoms with Crippen molar-refractivity contribution in [1.29, 1.82) is 0 Å². The maximum atomic E-state index is 12.0.